The van der Waals surface area contributed by atoms with Crippen LogP contribution < -0.4 is 0 Å². The molecule has 0 N–H and O–H groups in total. The van der Waals surface area contributed by atoms with Crippen molar-refractivity contribution in [1.82, 2.24) is 4.98 Å². The van der Waals surface area contributed by atoms with Crippen LogP contribution >= 0.6 is 0 Å². The normalized spacial score (nSPS) is 31.1. The first-order valence-corrected chi connectivity index (χ1v) is 7.23. The highest BCUT2D eigenvalue weighted by atomic mass is 16.1. The zero-order valence-electron chi connectivity index (χ0n) is 11.1. The van der Waals surface area contributed by atoms with Crippen LogP contribution in [0.2, 0.25) is 0 Å². The molecule has 0 amide bonds. The fraction of sp³-hybridized carbons (Fsp3) is 0.625. The molecule has 0 aromatic carbocycles. The fourth-order valence-corrected chi connectivity index (χ4v) is 3.64. The highest BCUT2D eigenvalue weighted by molar-refractivity contribution is 5.88. The third-order valence-corrected chi connectivity index (χ3v) is 4.64. The number of nitrogens with zero attached hydrogens (tertiary/aromatic N) is 1. The van der Waals surface area contributed by atoms with Crippen LogP contribution in [0.1, 0.15) is 56.2 Å². The maximum Gasteiger partial charge on any atom is 0.145 e. The highest BCUT2D eigenvalue weighted by Crippen LogP contribution is 2.38. The number of Topliss-reactive ketones (excluding diaryl/α,β-unsaturated/α-hetero) is 1. The zero-order valence-corrected chi connectivity index (χ0v) is 11.1. The van der Waals surface area contributed by atoms with Gasteiger partial charge >= 0.3 is 0 Å². The molecule has 3 unspecified atom stereocenters. The Morgan fingerprint density at radius 3 is 3.00 bits per heavy atom. The number of carbonyl (C=O) groups excluding carboxylic acids is 1. The van der Waals surface area contributed by atoms with E-state index >= 15 is 0 Å². The van der Waals surface area contributed by atoms with Crippen LogP contribution in [0.3, 0.4) is 0 Å². The van der Waals surface area contributed by atoms with E-state index < -0.39 is 0 Å². The van der Waals surface area contributed by atoms with E-state index in [1.807, 2.05) is 12.3 Å². The van der Waals surface area contributed by atoms with Crippen molar-refractivity contribution in [2.24, 2.45) is 11.8 Å². The number of pyridine rings is 1. The topological polar surface area (TPSA) is 30.0 Å². The molecule has 0 bridgehead atoms. The molecule has 1 saturated carbocycles. The van der Waals surface area contributed by atoms with Crippen molar-refractivity contribution in [2.75, 3.05) is 0 Å². The summed E-state index contributed by atoms with van der Waals surface area (Å²) in [6.45, 7) is 2.26. The number of carbonyl (C=O) groups is 1. The van der Waals surface area contributed by atoms with Gasteiger partial charge in [0.25, 0.3) is 0 Å². The van der Waals surface area contributed by atoms with E-state index in [2.05, 4.69) is 18.0 Å². The number of fused-ring (bicyclic) bond motifs is 1. The predicted molar refractivity (Wildman–Crippen MR) is 71.4 cm³/mol. The first kappa shape index (κ1) is 11.9. The molecule has 3 rings (SSSR count). The Morgan fingerprint density at radius 1 is 1.33 bits per heavy atom. The van der Waals surface area contributed by atoms with Gasteiger partial charge in [0.15, 0.2) is 0 Å². The second kappa shape index (κ2) is 4.83. The van der Waals surface area contributed by atoms with Crippen molar-refractivity contribution < 1.29 is 4.79 Å². The molecule has 0 aliphatic heterocycles. The monoisotopic (exact) mass is 243 g/mol. The van der Waals surface area contributed by atoms with Crippen molar-refractivity contribution in [3.05, 3.63) is 29.6 Å². The largest absolute Gasteiger partial charge is 0.299 e. The lowest BCUT2D eigenvalue weighted by atomic mass is 9.79. The van der Waals surface area contributed by atoms with E-state index in [-0.39, 0.29) is 5.92 Å². The molecule has 18 heavy (non-hydrogen) atoms. The number of rotatable bonds is 2. The number of ketones is 1. The Morgan fingerprint density at radius 2 is 2.22 bits per heavy atom. The number of hydrogen-bond acceptors (Lipinski definition) is 2. The van der Waals surface area contributed by atoms with E-state index in [0.29, 0.717) is 11.7 Å². The Labute approximate surface area is 109 Å². The lowest BCUT2D eigenvalue weighted by molar-refractivity contribution is -0.124. The smallest absolute Gasteiger partial charge is 0.145 e. The van der Waals surface area contributed by atoms with Crippen LogP contribution in [0.5, 0.6) is 0 Å². The summed E-state index contributed by atoms with van der Waals surface area (Å²) in [5.41, 5.74) is 2.38. The van der Waals surface area contributed by atoms with Gasteiger partial charge in [0.1, 0.15) is 5.78 Å². The minimum Gasteiger partial charge on any atom is -0.299 e. The van der Waals surface area contributed by atoms with Crippen LogP contribution in [0, 0.1) is 11.8 Å². The molecular formula is C16H21NO. The number of hydrogen-bond donors (Lipinski definition) is 0. The van der Waals surface area contributed by atoms with Crippen LogP contribution in [0.4, 0.5) is 0 Å². The number of aryl methyl sites for hydroxylation is 1. The van der Waals surface area contributed by atoms with Crippen LogP contribution in [0.15, 0.2) is 18.3 Å². The van der Waals surface area contributed by atoms with E-state index in [0.717, 1.165) is 43.7 Å². The predicted octanol–water partition coefficient (Wildman–Crippen LogP) is 3.51. The maximum absolute atomic E-state index is 12.7. The molecule has 1 aromatic heterocycles. The fourth-order valence-electron chi connectivity index (χ4n) is 3.64. The van der Waals surface area contributed by atoms with E-state index in [1.165, 1.54) is 12.0 Å². The van der Waals surface area contributed by atoms with Gasteiger partial charge in [-0.15, -0.1) is 0 Å². The Bertz CT molecular complexity index is 454. The minimum absolute atomic E-state index is 0.0882. The lowest BCUT2D eigenvalue weighted by Gasteiger charge is -2.25. The standard InChI is InChI=1S/C16H21NO/c1-11-7-8-13(10-11)16(18)14-6-2-4-12-5-3-9-17-15(12)14/h3,5,9,11,13-14H,2,4,6-8,10H2,1H3. The van der Waals surface area contributed by atoms with Crippen LogP contribution in [-0.4, -0.2) is 10.8 Å². The summed E-state index contributed by atoms with van der Waals surface area (Å²) in [6, 6.07) is 4.13. The van der Waals surface area contributed by atoms with E-state index in [4.69, 9.17) is 0 Å². The number of aromatic nitrogens is 1. The Hall–Kier alpha value is -1.18. The molecular weight excluding hydrogens is 222 g/mol. The lowest BCUT2D eigenvalue weighted by Crippen LogP contribution is -2.25. The van der Waals surface area contributed by atoms with Gasteiger partial charge in [0, 0.05) is 12.1 Å². The van der Waals surface area contributed by atoms with Gasteiger partial charge in [-0.25, -0.2) is 0 Å². The summed E-state index contributed by atoms with van der Waals surface area (Å²) in [5.74, 6) is 1.59. The van der Waals surface area contributed by atoms with Crippen LogP contribution in [-0.2, 0) is 11.2 Å². The first-order valence-electron chi connectivity index (χ1n) is 7.23. The van der Waals surface area contributed by atoms with Gasteiger partial charge in [0.2, 0.25) is 0 Å². The molecule has 0 spiro atoms. The maximum atomic E-state index is 12.7. The zero-order chi connectivity index (χ0) is 12.5. The second-order valence-corrected chi connectivity index (χ2v) is 6.01. The quantitative estimate of drug-likeness (QED) is 0.795. The Kier molecular flexibility index (Phi) is 3.19. The molecule has 1 heterocycles. The molecule has 2 heteroatoms. The molecule has 0 radical (unpaired) electrons. The highest BCUT2D eigenvalue weighted by Gasteiger charge is 2.35. The summed E-state index contributed by atoms with van der Waals surface area (Å²) in [5, 5.41) is 0. The van der Waals surface area contributed by atoms with Crippen molar-refractivity contribution >= 4 is 5.78 Å². The van der Waals surface area contributed by atoms with Gasteiger partial charge in [0.05, 0.1) is 11.6 Å². The molecule has 96 valence electrons. The van der Waals surface area contributed by atoms with Gasteiger partial charge in [-0.3, -0.25) is 9.78 Å². The third-order valence-electron chi connectivity index (χ3n) is 4.64. The third kappa shape index (κ3) is 2.09. The average Bonchev–Trinajstić information content (AvgIpc) is 2.84. The summed E-state index contributed by atoms with van der Waals surface area (Å²) >= 11 is 0. The van der Waals surface area contributed by atoms with Gasteiger partial charge in [-0.05, 0) is 56.1 Å². The molecule has 3 atom stereocenters. The summed E-state index contributed by atoms with van der Waals surface area (Å²) in [4.78, 5) is 17.2. The van der Waals surface area contributed by atoms with E-state index in [9.17, 15) is 4.79 Å². The van der Waals surface area contributed by atoms with Crippen molar-refractivity contribution in [1.29, 1.82) is 0 Å². The minimum atomic E-state index is 0.0882. The summed E-state index contributed by atoms with van der Waals surface area (Å²) < 4.78 is 0. The molecule has 0 saturated heterocycles. The molecule has 1 aromatic rings. The van der Waals surface area contributed by atoms with Gasteiger partial charge < -0.3 is 0 Å². The molecule has 2 aliphatic rings. The van der Waals surface area contributed by atoms with E-state index in [1.54, 1.807) is 0 Å². The second-order valence-electron chi connectivity index (χ2n) is 6.01. The SMILES string of the molecule is CC1CCC(C(=O)C2CCCc3cccnc32)C1. The van der Waals surface area contributed by atoms with Crippen LogP contribution in [0.25, 0.3) is 0 Å². The van der Waals surface area contributed by atoms with Crippen molar-refractivity contribution in [3.8, 4) is 0 Å². The molecule has 1 fully saturated rings. The Balaban J connectivity index is 1.83. The first-order chi connectivity index (χ1) is 8.75. The molecule has 2 aliphatic carbocycles. The summed E-state index contributed by atoms with van der Waals surface area (Å²) in [7, 11) is 0. The van der Waals surface area contributed by atoms with Gasteiger partial charge in [-0.1, -0.05) is 13.0 Å². The van der Waals surface area contributed by atoms with Gasteiger partial charge in [-0.2, -0.15) is 0 Å². The van der Waals surface area contributed by atoms with Crippen molar-refractivity contribution in [2.45, 2.75) is 51.4 Å². The average molecular weight is 243 g/mol. The molecule has 2 nitrogen and oxygen atoms in total. The summed E-state index contributed by atoms with van der Waals surface area (Å²) in [6.07, 6.45) is 8.48. The van der Waals surface area contributed by atoms with Crippen molar-refractivity contribution in [3.63, 3.8) is 0 Å².